The second-order valence-electron chi connectivity index (χ2n) is 4.91. The third-order valence-electron chi connectivity index (χ3n) is 3.54. The molecule has 2 rings (SSSR count). The molecule has 1 aliphatic heterocycles. The molecule has 2 N–H and O–H groups in total. The number of nitrogens with zero attached hydrogens (tertiary/aromatic N) is 2. The Morgan fingerprint density at radius 3 is 3.06 bits per heavy atom. The van der Waals surface area contributed by atoms with Gasteiger partial charge in [-0.1, -0.05) is 0 Å². The first kappa shape index (κ1) is 13.0. The maximum atomic E-state index is 12.4. The van der Waals surface area contributed by atoms with Crippen LogP contribution in [0.15, 0.2) is 18.3 Å². The molecule has 1 unspecified atom stereocenters. The summed E-state index contributed by atoms with van der Waals surface area (Å²) in [7, 11) is 0. The van der Waals surface area contributed by atoms with E-state index in [1.165, 1.54) is 0 Å². The Bertz CT molecular complexity index is 402. The van der Waals surface area contributed by atoms with Gasteiger partial charge in [0.15, 0.2) is 0 Å². The van der Waals surface area contributed by atoms with Gasteiger partial charge < -0.3 is 10.6 Å². The standard InChI is InChI=1S/C14H21N3O/c1-11-6-7-12(10-16-11)14(18)17-9-3-5-13(17)4-2-8-15/h6-7,10,13H,2-5,8-9,15H2,1H3. The van der Waals surface area contributed by atoms with Gasteiger partial charge in [-0.2, -0.15) is 0 Å². The minimum absolute atomic E-state index is 0.113. The first-order valence-corrected chi connectivity index (χ1v) is 6.66. The van der Waals surface area contributed by atoms with E-state index in [4.69, 9.17) is 5.73 Å². The van der Waals surface area contributed by atoms with Gasteiger partial charge in [0.2, 0.25) is 0 Å². The lowest BCUT2D eigenvalue weighted by atomic mass is 10.1. The highest BCUT2D eigenvalue weighted by molar-refractivity contribution is 5.94. The zero-order valence-electron chi connectivity index (χ0n) is 10.9. The number of nitrogens with two attached hydrogens (primary N) is 1. The predicted molar refractivity (Wildman–Crippen MR) is 71.3 cm³/mol. The van der Waals surface area contributed by atoms with Crippen LogP contribution in [-0.2, 0) is 0 Å². The van der Waals surface area contributed by atoms with E-state index in [-0.39, 0.29) is 5.91 Å². The molecule has 98 valence electrons. The lowest BCUT2D eigenvalue weighted by molar-refractivity contribution is 0.0729. The van der Waals surface area contributed by atoms with Crippen LogP contribution in [0.3, 0.4) is 0 Å². The summed E-state index contributed by atoms with van der Waals surface area (Å²) in [4.78, 5) is 18.6. The summed E-state index contributed by atoms with van der Waals surface area (Å²) < 4.78 is 0. The van der Waals surface area contributed by atoms with Crippen molar-refractivity contribution in [3.05, 3.63) is 29.6 Å². The molecule has 4 nitrogen and oxygen atoms in total. The molecule has 0 radical (unpaired) electrons. The highest BCUT2D eigenvalue weighted by Crippen LogP contribution is 2.23. The average molecular weight is 247 g/mol. The molecule has 1 aliphatic rings. The minimum atomic E-state index is 0.113. The third kappa shape index (κ3) is 2.88. The van der Waals surface area contributed by atoms with Gasteiger partial charge in [-0.3, -0.25) is 9.78 Å². The molecule has 4 heteroatoms. The van der Waals surface area contributed by atoms with Crippen molar-refractivity contribution in [3.63, 3.8) is 0 Å². The Hall–Kier alpha value is -1.42. The second-order valence-corrected chi connectivity index (χ2v) is 4.91. The van der Waals surface area contributed by atoms with Gasteiger partial charge in [-0.15, -0.1) is 0 Å². The van der Waals surface area contributed by atoms with E-state index in [1.807, 2.05) is 24.0 Å². The van der Waals surface area contributed by atoms with Gasteiger partial charge in [0.05, 0.1) is 5.56 Å². The van der Waals surface area contributed by atoms with Crippen molar-refractivity contribution in [3.8, 4) is 0 Å². The summed E-state index contributed by atoms with van der Waals surface area (Å²) in [5.41, 5.74) is 7.17. The van der Waals surface area contributed by atoms with Crippen LogP contribution in [0.5, 0.6) is 0 Å². The van der Waals surface area contributed by atoms with E-state index < -0.39 is 0 Å². The molecule has 1 fully saturated rings. The fourth-order valence-electron chi connectivity index (χ4n) is 2.52. The molecule has 0 aliphatic carbocycles. The van der Waals surface area contributed by atoms with Crippen LogP contribution in [0.2, 0.25) is 0 Å². The Kier molecular flexibility index (Phi) is 4.31. The Morgan fingerprint density at radius 1 is 1.56 bits per heavy atom. The quantitative estimate of drug-likeness (QED) is 0.881. The Labute approximate surface area is 108 Å². The molecule has 1 aromatic rings. The van der Waals surface area contributed by atoms with Crippen LogP contribution in [0.4, 0.5) is 0 Å². The van der Waals surface area contributed by atoms with Crippen LogP contribution < -0.4 is 5.73 Å². The monoisotopic (exact) mass is 247 g/mol. The molecule has 0 spiro atoms. The Morgan fingerprint density at radius 2 is 2.39 bits per heavy atom. The molecular weight excluding hydrogens is 226 g/mol. The summed E-state index contributed by atoms with van der Waals surface area (Å²) in [6, 6.07) is 4.11. The lowest BCUT2D eigenvalue weighted by Crippen LogP contribution is -2.35. The number of aryl methyl sites for hydroxylation is 1. The van der Waals surface area contributed by atoms with Crippen molar-refractivity contribution >= 4 is 5.91 Å². The van der Waals surface area contributed by atoms with Crippen LogP contribution in [0.25, 0.3) is 0 Å². The highest BCUT2D eigenvalue weighted by Gasteiger charge is 2.28. The van der Waals surface area contributed by atoms with Crippen LogP contribution >= 0.6 is 0 Å². The fourth-order valence-corrected chi connectivity index (χ4v) is 2.52. The smallest absolute Gasteiger partial charge is 0.255 e. The molecule has 0 saturated carbocycles. The Balaban J connectivity index is 2.05. The number of rotatable bonds is 4. The number of pyridine rings is 1. The number of amides is 1. The molecule has 0 aromatic carbocycles. The average Bonchev–Trinajstić information content (AvgIpc) is 2.84. The summed E-state index contributed by atoms with van der Waals surface area (Å²) in [5.74, 6) is 0.113. The van der Waals surface area contributed by atoms with Gasteiger partial charge in [0, 0.05) is 24.5 Å². The molecule has 1 aromatic heterocycles. The number of carbonyl (C=O) groups is 1. The van der Waals surface area contributed by atoms with Crippen LogP contribution in [0.1, 0.15) is 41.7 Å². The minimum Gasteiger partial charge on any atom is -0.336 e. The van der Waals surface area contributed by atoms with Gasteiger partial charge >= 0.3 is 0 Å². The van der Waals surface area contributed by atoms with Gasteiger partial charge in [-0.05, 0) is 51.3 Å². The van der Waals surface area contributed by atoms with Crippen LogP contribution in [-0.4, -0.2) is 34.9 Å². The number of hydrogen-bond acceptors (Lipinski definition) is 3. The summed E-state index contributed by atoms with van der Waals surface area (Å²) in [6.45, 7) is 3.49. The molecular formula is C14H21N3O. The number of hydrogen-bond donors (Lipinski definition) is 1. The maximum absolute atomic E-state index is 12.4. The zero-order chi connectivity index (χ0) is 13.0. The second kappa shape index (κ2) is 5.96. The van der Waals surface area contributed by atoms with Crippen molar-refractivity contribution < 1.29 is 4.79 Å². The van der Waals surface area contributed by atoms with Crippen molar-refractivity contribution in [2.45, 2.75) is 38.6 Å². The van der Waals surface area contributed by atoms with Gasteiger partial charge in [0.25, 0.3) is 5.91 Å². The first-order chi connectivity index (χ1) is 8.72. The number of aromatic nitrogens is 1. The topological polar surface area (TPSA) is 59.2 Å². The zero-order valence-corrected chi connectivity index (χ0v) is 10.9. The van der Waals surface area contributed by atoms with E-state index in [0.717, 1.165) is 37.9 Å². The van der Waals surface area contributed by atoms with E-state index >= 15 is 0 Å². The van der Waals surface area contributed by atoms with Crippen molar-refractivity contribution in [2.24, 2.45) is 5.73 Å². The van der Waals surface area contributed by atoms with Gasteiger partial charge in [-0.25, -0.2) is 0 Å². The predicted octanol–water partition coefficient (Wildman–Crippen LogP) is 1.73. The van der Waals surface area contributed by atoms with Crippen molar-refractivity contribution in [1.82, 2.24) is 9.88 Å². The third-order valence-corrected chi connectivity index (χ3v) is 3.54. The molecule has 1 atom stereocenters. The molecule has 2 heterocycles. The van der Waals surface area contributed by atoms with E-state index in [0.29, 0.717) is 18.2 Å². The molecule has 0 bridgehead atoms. The van der Waals surface area contributed by atoms with E-state index in [2.05, 4.69) is 4.98 Å². The summed E-state index contributed by atoms with van der Waals surface area (Å²) in [5, 5.41) is 0. The molecule has 18 heavy (non-hydrogen) atoms. The highest BCUT2D eigenvalue weighted by atomic mass is 16.2. The largest absolute Gasteiger partial charge is 0.336 e. The summed E-state index contributed by atoms with van der Waals surface area (Å²) in [6.07, 6.45) is 5.88. The first-order valence-electron chi connectivity index (χ1n) is 6.66. The normalized spacial score (nSPS) is 19.2. The number of likely N-dealkylation sites (tertiary alicyclic amines) is 1. The van der Waals surface area contributed by atoms with Gasteiger partial charge in [0.1, 0.15) is 0 Å². The fraction of sp³-hybridized carbons (Fsp3) is 0.571. The number of carbonyl (C=O) groups excluding carboxylic acids is 1. The van der Waals surface area contributed by atoms with E-state index in [1.54, 1.807) is 6.20 Å². The van der Waals surface area contributed by atoms with Crippen LogP contribution in [0, 0.1) is 6.92 Å². The van der Waals surface area contributed by atoms with Crippen molar-refractivity contribution in [2.75, 3.05) is 13.1 Å². The molecule has 1 amide bonds. The van der Waals surface area contributed by atoms with Crippen molar-refractivity contribution in [1.29, 1.82) is 0 Å². The SMILES string of the molecule is Cc1ccc(C(=O)N2CCCC2CCCN)cn1. The lowest BCUT2D eigenvalue weighted by Gasteiger charge is -2.24. The van der Waals surface area contributed by atoms with E-state index in [9.17, 15) is 4.79 Å². The molecule has 1 saturated heterocycles. The summed E-state index contributed by atoms with van der Waals surface area (Å²) >= 11 is 0. The maximum Gasteiger partial charge on any atom is 0.255 e.